The molecule has 0 amide bonds. The van der Waals surface area contributed by atoms with Crippen LogP contribution in [0.2, 0.25) is 23.2 Å². The molecule has 1 atom stereocenters. The predicted molar refractivity (Wildman–Crippen MR) is 171 cm³/mol. The molecule has 0 spiro atoms. The van der Waals surface area contributed by atoms with Crippen molar-refractivity contribution in [1.29, 1.82) is 0 Å². The highest BCUT2D eigenvalue weighted by Crippen LogP contribution is 2.48. The molecule has 9 heteroatoms. The third kappa shape index (κ3) is 8.57. The zero-order valence-electron chi connectivity index (χ0n) is 25.9. The van der Waals surface area contributed by atoms with Gasteiger partial charge in [0.2, 0.25) is 0 Å². The number of carbonyl (C=O) groups excluding carboxylic acids is 1. The molecule has 2 aromatic carbocycles. The molecule has 224 valence electrons. The minimum absolute atomic E-state index is 0.200. The lowest BCUT2D eigenvalue weighted by Gasteiger charge is -2.45. The van der Waals surface area contributed by atoms with Crippen LogP contribution in [0.5, 0.6) is 0 Å². The van der Waals surface area contributed by atoms with Gasteiger partial charge in [-0.05, 0) is 47.4 Å². The van der Waals surface area contributed by atoms with E-state index in [4.69, 9.17) is 17.9 Å². The number of hydrogen-bond donors (Lipinski definition) is 0. The van der Waals surface area contributed by atoms with E-state index in [1.54, 1.807) is 13.8 Å². The van der Waals surface area contributed by atoms with Gasteiger partial charge in [0, 0.05) is 13.0 Å². The first-order valence-electron chi connectivity index (χ1n) is 14.8. The summed E-state index contributed by atoms with van der Waals surface area (Å²) >= 11 is 0. The lowest BCUT2D eigenvalue weighted by molar-refractivity contribution is -0.124. The van der Waals surface area contributed by atoms with Crippen LogP contribution < -0.4 is 10.4 Å². The Hall–Kier alpha value is -1.39. The molecule has 0 aliphatic carbocycles. The Labute approximate surface area is 245 Å². The van der Waals surface area contributed by atoms with Crippen molar-refractivity contribution in [2.24, 2.45) is 0 Å². The van der Waals surface area contributed by atoms with E-state index in [0.717, 1.165) is 28.5 Å². The van der Waals surface area contributed by atoms with Gasteiger partial charge in [-0.1, -0.05) is 102 Å². The largest absolute Gasteiger partial charge is 0.417 e. The standard InChI is InChI=1S/C31H51O6PSi2/c1-9-34-38(33,35-10-2)26-29(32)30(24-25-36-39(11-3,12-4)13-5)37-40(31(6,7)8,27-20-16-14-17-21-27)28-22-18-15-19-23-28/h14-23,30H,9-13,24-26H2,1-8H3/t30-/m0/s1. The third-order valence-electron chi connectivity index (χ3n) is 7.82. The maximum absolute atomic E-state index is 14.1. The highest BCUT2D eigenvalue weighted by atomic mass is 31.2. The van der Waals surface area contributed by atoms with Crippen molar-refractivity contribution in [2.45, 2.75) is 91.1 Å². The van der Waals surface area contributed by atoms with Crippen LogP contribution in [-0.4, -0.2) is 54.5 Å². The van der Waals surface area contributed by atoms with E-state index in [2.05, 4.69) is 65.8 Å². The summed E-state index contributed by atoms with van der Waals surface area (Å²) in [5, 5.41) is 1.86. The number of ketones is 1. The molecule has 0 unspecified atom stereocenters. The van der Waals surface area contributed by atoms with Gasteiger partial charge in [0.05, 0.1) is 13.2 Å². The maximum atomic E-state index is 14.1. The second kappa shape index (κ2) is 15.7. The van der Waals surface area contributed by atoms with E-state index < -0.39 is 30.3 Å². The first-order valence-corrected chi connectivity index (χ1v) is 21.0. The van der Waals surface area contributed by atoms with Crippen LogP contribution in [0.4, 0.5) is 0 Å². The maximum Gasteiger partial charge on any atom is 0.338 e. The summed E-state index contributed by atoms with van der Waals surface area (Å²) in [6, 6.07) is 23.6. The van der Waals surface area contributed by atoms with Crippen LogP contribution in [0, 0.1) is 0 Å². The molecular weight excluding hydrogens is 555 g/mol. The van der Waals surface area contributed by atoms with Crippen LogP contribution in [0.3, 0.4) is 0 Å². The highest BCUT2D eigenvalue weighted by Gasteiger charge is 2.52. The normalized spacial score (nSPS) is 13.8. The molecule has 2 aromatic rings. The molecule has 2 rings (SSSR count). The smallest absolute Gasteiger partial charge is 0.338 e. The topological polar surface area (TPSA) is 71.1 Å². The number of rotatable bonds is 18. The second-order valence-corrected chi connectivity index (χ2v) is 22.3. The van der Waals surface area contributed by atoms with Gasteiger partial charge in [-0.3, -0.25) is 9.36 Å². The fourth-order valence-corrected chi connectivity index (χ4v) is 14.4. The van der Waals surface area contributed by atoms with E-state index in [-0.39, 0.29) is 30.2 Å². The average molecular weight is 607 g/mol. The number of hydrogen-bond acceptors (Lipinski definition) is 6. The van der Waals surface area contributed by atoms with Gasteiger partial charge in [-0.15, -0.1) is 0 Å². The zero-order chi connectivity index (χ0) is 29.9. The van der Waals surface area contributed by atoms with Crippen molar-refractivity contribution < 1.29 is 27.3 Å². The molecule has 0 radical (unpaired) electrons. The molecule has 0 heterocycles. The molecule has 0 aliphatic rings. The summed E-state index contributed by atoms with van der Waals surface area (Å²) in [5.74, 6) is -0.265. The van der Waals surface area contributed by atoms with Gasteiger partial charge in [0.15, 0.2) is 14.1 Å². The molecule has 0 aromatic heterocycles. The van der Waals surface area contributed by atoms with Crippen molar-refractivity contribution in [3.05, 3.63) is 60.7 Å². The van der Waals surface area contributed by atoms with E-state index in [0.29, 0.717) is 13.0 Å². The first kappa shape index (κ1) is 34.8. The molecule has 0 saturated heterocycles. The summed E-state index contributed by atoms with van der Waals surface area (Å²) < 4.78 is 38.3. The second-order valence-electron chi connectivity index (χ2n) is 11.2. The molecule has 6 nitrogen and oxygen atoms in total. The Balaban J connectivity index is 2.62. The van der Waals surface area contributed by atoms with Crippen LogP contribution in [0.25, 0.3) is 0 Å². The van der Waals surface area contributed by atoms with Crippen LogP contribution >= 0.6 is 7.60 Å². The Morgan fingerprint density at radius 2 is 1.25 bits per heavy atom. The van der Waals surface area contributed by atoms with Gasteiger partial charge >= 0.3 is 7.60 Å². The summed E-state index contributed by atoms with van der Waals surface area (Å²) in [5.41, 5.74) is 0. The summed E-state index contributed by atoms with van der Waals surface area (Å²) in [6.45, 7) is 17.5. The fraction of sp³-hybridized carbons (Fsp3) is 0.581. The summed E-state index contributed by atoms with van der Waals surface area (Å²) in [6.07, 6.45) is -0.760. The van der Waals surface area contributed by atoms with Crippen LogP contribution in [0.15, 0.2) is 60.7 Å². The summed E-state index contributed by atoms with van der Waals surface area (Å²) in [7, 11) is -8.53. The van der Waals surface area contributed by atoms with Crippen molar-refractivity contribution in [2.75, 3.05) is 26.0 Å². The molecule has 0 saturated carbocycles. The number of Topliss-reactive ketones (excluding diaryl/α,β-unsaturated/α-hetero) is 1. The lowest BCUT2D eigenvalue weighted by atomic mass is 10.2. The van der Waals surface area contributed by atoms with Gasteiger partial charge in [0.1, 0.15) is 12.3 Å². The number of carbonyl (C=O) groups is 1. The summed E-state index contributed by atoms with van der Waals surface area (Å²) in [4.78, 5) is 14.1. The zero-order valence-corrected chi connectivity index (χ0v) is 28.8. The van der Waals surface area contributed by atoms with Gasteiger partial charge in [-0.2, -0.15) is 0 Å². The molecule has 0 fully saturated rings. The van der Waals surface area contributed by atoms with E-state index in [9.17, 15) is 9.36 Å². The van der Waals surface area contributed by atoms with Gasteiger partial charge in [-0.25, -0.2) is 0 Å². The first-order chi connectivity index (χ1) is 19.0. The van der Waals surface area contributed by atoms with E-state index >= 15 is 0 Å². The van der Waals surface area contributed by atoms with E-state index in [1.165, 1.54) is 0 Å². The van der Waals surface area contributed by atoms with Gasteiger partial charge < -0.3 is 17.9 Å². The molecule has 40 heavy (non-hydrogen) atoms. The van der Waals surface area contributed by atoms with Gasteiger partial charge in [0.25, 0.3) is 8.32 Å². The average Bonchev–Trinajstić information content (AvgIpc) is 2.93. The molecule has 0 aliphatic heterocycles. The Morgan fingerprint density at radius 3 is 1.62 bits per heavy atom. The Kier molecular flexibility index (Phi) is 13.7. The van der Waals surface area contributed by atoms with Crippen LogP contribution in [0.1, 0.15) is 61.8 Å². The van der Waals surface area contributed by atoms with Crippen LogP contribution in [-0.2, 0) is 27.3 Å². The van der Waals surface area contributed by atoms with Crippen molar-refractivity contribution in [3.63, 3.8) is 0 Å². The minimum Gasteiger partial charge on any atom is -0.417 e. The number of benzene rings is 2. The van der Waals surface area contributed by atoms with Crippen molar-refractivity contribution in [1.82, 2.24) is 0 Å². The highest BCUT2D eigenvalue weighted by molar-refractivity contribution is 7.54. The third-order valence-corrected chi connectivity index (χ3v) is 19.5. The predicted octanol–water partition coefficient (Wildman–Crippen LogP) is 7.18. The Morgan fingerprint density at radius 1 is 0.800 bits per heavy atom. The van der Waals surface area contributed by atoms with Crippen molar-refractivity contribution >= 4 is 40.4 Å². The monoisotopic (exact) mass is 606 g/mol. The molecule has 0 bridgehead atoms. The molecule has 0 N–H and O–H groups in total. The van der Waals surface area contributed by atoms with Crippen molar-refractivity contribution in [3.8, 4) is 0 Å². The SMILES string of the molecule is CCOP(=O)(CC(=O)[C@H](CCO[Si](CC)(CC)CC)O[Si](c1ccccc1)(c1ccccc1)C(C)(C)C)OCC. The van der Waals surface area contributed by atoms with E-state index in [1.807, 2.05) is 36.4 Å². The minimum atomic E-state index is -3.61. The Bertz CT molecular complexity index is 1010. The lowest BCUT2D eigenvalue weighted by Crippen LogP contribution is -2.68. The molecular formula is C31H51O6PSi2. The quantitative estimate of drug-likeness (QED) is 0.132. The fourth-order valence-electron chi connectivity index (χ4n) is 5.44.